The van der Waals surface area contributed by atoms with E-state index in [1.54, 1.807) is 0 Å². The van der Waals surface area contributed by atoms with Gasteiger partial charge < -0.3 is 4.57 Å². The summed E-state index contributed by atoms with van der Waals surface area (Å²) in [5.74, 6) is 0. The van der Waals surface area contributed by atoms with Crippen LogP contribution in [0.25, 0.3) is 70.9 Å². The summed E-state index contributed by atoms with van der Waals surface area (Å²) in [7, 11) is 0. The number of nitrogens with zero attached hydrogens (tertiary/aromatic N) is 1. The Hall–Kier alpha value is -4.62. The second-order valence-electron chi connectivity index (χ2n) is 11.4. The fourth-order valence-electron chi connectivity index (χ4n) is 7.44. The Balaban J connectivity index is 1.57. The molecule has 9 rings (SSSR count). The van der Waals surface area contributed by atoms with Crippen LogP contribution in [-0.2, 0) is 5.41 Å². The molecular weight excluding hydrogens is 458 g/mol. The van der Waals surface area contributed by atoms with Gasteiger partial charge in [-0.3, -0.25) is 0 Å². The van der Waals surface area contributed by atoms with E-state index < -0.39 is 0 Å². The molecule has 7 aromatic carbocycles. The topological polar surface area (TPSA) is 4.93 Å². The van der Waals surface area contributed by atoms with Crippen molar-refractivity contribution in [2.24, 2.45) is 0 Å². The summed E-state index contributed by atoms with van der Waals surface area (Å²) in [6, 6.07) is 43.0. The quantitative estimate of drug-likeness (QED) is 0.205. The predicted octanol–water partition coefficient (Wildman–Crippen LogP) is 9.99. The molecule has 0 saturated carbocycles. The highest BCUT2D eigenvalue weighted by Gasteiger charge is 2.34. The zero-order valence-electron chi connectivity index (χ0n) is 21.4. The van der Waals surface area contributed by atoms with Crippen LogP contribution in [0.3, 0.4) is 0 Å². The summed E-state index contributed by atoms with van der Waals surface area (Å²) in [5, 5.41) is 10.9. The van der Waals surface area contributed by atoms with Crippen LogP contribution >= 0.6 is 0 Å². The van der Waals surface area contributed by atoms with Crippen molar-refractivity contribution >= 4 is 54.1 Å². The number of fused-ring (bicyclic) bond motifs is 6. The van der Waals surface area contributed by atoms with Gasteiger partial charge in [-0.05, 0) is 84.9 Å². The third-order valence-electron chi connectivity index (χ3n) is 9.10. The van der Waals surface area contributed by atoms with E-state index in [9.17, 15) is 0 Å². The van der Waals surface area contributed by atoms with Crippen molar-refractivity contribution in [3.63, 3.8) is 0 Å². The highest BCUT2D eigenvalue weighted by molar-refractivity contribution is 6.35. The van der Waals surface area contributed by atoms with E-state index in [-0.39, 0.29) is 5.41 Å². The van der Waals surface area contributed by atoms with Crippen LogP contribution in [0, 0.1) is 0 Å². The van der Waals surface area contributed by atoms with Crippen LogP contribution in [0.5, 0.6) is 0 Å². The first-order valence-corrected chi connectivity index (χ1v) is 13.5. The maximum Gasteiger partial charge on any atom is 0.0553 e. The van der Waals surface area contributed by atoms with Gasteiger partial charge in [0.2, 0.25) is 0 Å². The van der Waals surface area contributed by atoms with Gasteiger partial charge in [0, 0.05) is 21.9 Å². The molecule has 1 nitrogen and oxygen atoms in total. The molecule has 0 spiro atoms. The van der Waals surface area contributed by atoms with Crippen molar-refractivity contribution in [1.29, 1.82) is 0 Å². The van der Waals surface area contributed by atoms with Gasteiger partial charge in [0.15, 0.2) is 0 Å². The lowest BCUT2D eigenvalue weighted by molar-refractivity contribution is 0.645. The first kappa shape index (κ1) is 20.4. The second kappa shape index (κ2) is 6.82. The average Bonchev–Trinajstić information content (AvgIpc) is 3.29. The van der Waals surface area contributed by atoms with Crippen molar-refractivity contribution in [1.82, 2.24) is 4.57 Å². The fourth-order valence-corrected chi connectivity index (χ4v) is 7.44. The molecule has 0 amide bonds. The highest BCUT2D eigenvalue weighted by atomic mass is 15.0. The lowest BCUT2D eigenvalue weighted by Crippen LogP contribution is -2.23. The van der Waals surface area contributed by atoms with E-state index in [0.717, 1.165) is 0 Å². The van der Waals surface area contributed by atoms with Crippen LogP contribution in [-0.4, -0.2) is 4.57 Å². The molecule has 1 aliphatic carbocycles. The number of hydrogen-bond acceptors (Lipinski definition) is 0. The van der Waals surface area contributed by atoms with Gasteiger partial charge in [0.1, 0.15) is 0 Å². The summed E-state index contributed by atoms with van der Waals surface area (Å²) in [5.41, 5.74) is 9.23. The molecule has 1 aliphatic rings. The number of para-hydroxylation sites is 2. The Morgan fingerprint density at radius 2 is 1.24 bits per heavy atom. The lowest BCUT2D eigenvalue weighted by Gasteiger charge is -2.36. The highest BCUT2D eigenvalue weighted by Crippen LogP contribution is 2.53. The Bertz CT molecular complexity index is 2250. The minimum Gasteiger partial charge on any atom is -0.309 e. The summed E-state index contributed by atoms with van der Waals surface area (Å²) in [6.07, 6.45) is 0. The first-order valence-electron chi connectivity index (χ1n) is 13.5. The molecule has 0 radical (unpaired) electrons. The van der Waals surface area contributed by atoms with E-state index >= 15 is 0 Å². The Morgan fingerprint density at radius 3 is 2.13 bits per heavy atom. The molecule has 0 N–H and O–H groups in total. The van der Waals surface area contributed by atoms with E-state index in [1.165, 1.54) is 82.1 Å². The fraction of sp³-hybridized carbons (Fsp3) is 0.0811. The van der Waals surface area contributed by atoms with Crippen LogP contribution in [0.15, 0.2) is 115 Å². The van der Waals surface area contributed by atoms with Gasteiger partial charge in [0.25, 0.3) is 0 Å². The summed E-state index contributed by atoms with van der Waals surface area (Å²) < 4.78 is 2.44. The molecule has 0 unspecified atom stereocenters. The molecule has 178 valence electrons. The number of rotatable bonds is 1. The number of aromatic nitrogens is 1. The van der Waals surface area contributed by atoms with Crippen LogP contribution in [0.2, 0.25) is 0 Å². The van der Waals surface area contributed by atoms with Crippen LogP contribution < -0.4 is 0 Å². The SMILES string of the molecule is CC1(C)c2ccccc2-c2cc3cc4c(c5ccc6ccc1c2c6c35)c1ccccc1n4-c1ccccc1. The zero-order valence-corrected chi connectivity index (χ0v) is 21.4. The van der Waals surface area contributed by atoms with E-state index in [2.05, 4.69) is 134 Å². The summed E-state index contributed by atoms with van der Waals surface area (Å²) >= 11 is 0. The van der Waals surface area contributed by atoms with E-state index in [0.29, 0.717) is 0 Å². The molecule has 0 atom stereocenters. The molecule has 1 heteroatoms. The minimum absolute atomic E-state index is 0.0510. The van der Waals surface area contributed by atoms with Gasteiger partial charge in [-0.1, -0.05) is 98.8 Å². The van der Waals surface area contributed by atoms with Crippen LogP contribution in [0.1, 0.15) is 25.0 Å². The van der Waals surface area contributed by atoms with E-state index in [1.807, 2.05) is 0 Å². The molecule has 8 aromatic rings. The molecule has 0 fully saturated rings. The lowest BCUT2D eigenvalue weighted by atomic mass is 9.67. The standard InChI is InChI=1S/C37H25N/c1-37(2)29-14-8-6-12-25(29)28-20-23-21-32-35(27-18-16-22-17-19-30(37)36(28)34(22)33(23)27)26-13-7-9-15-31(26)38(32)24-10-4-3-5-11-24/h3-21H,1-2H3. The smallest absolute Gasteiger partial charge is 0.0553 e. The molecule has 0 aliphatic heterocycles. The molecule has 1 heterocycles. The van der Waals surface area contributed by atoms with Crippen LogP contribution in [0.4, 0.5) is 0 Å². The molecular formula is C37H25N. The number of benzene rings is 7. The molecule has 0 bridgehead atoms. The Labute approximate surface area is 220 Å². The van der Waals surface area contributed by atoms with Gasteiger partial charge in [-0.2, -0.15) is 0 Å². The van der Waals surface area contributed by atoms with Gasteiger partial charge in [-0.15, -0.1) is 0 Å². The van der Waals surface area contributed by atoms with Gasteiger partial charge >= 0.3 is 0 Å². The Morgan fingerprint density at radius 1 is 0.474 bits per heavy atom. The van der Waals surface area contributed by atoms with Crippen molar-refractivity contribution in [3.8, 4) is 16.8 Å². The minimum atomic E-state index is -0.0510. The predicted molar refractivity (Wildman–Crippen MR) is 162 cm³/mol. The largest absolute Gasteiger partial charge is 0.309 e. The Kier molecular flexibility index (Phi) is 3.67. The monoisotopic (exact) mass is 483 g/mol. The van der Waals surface area contributed by atoms with Crippen molar-refractivity contribution < 1.29 is 0 Å². The second-order valence-corrected chi connectivity index (χ2v) is 11.4. The molecule has 1 aromatic heterocycles. The van der Waals surface area contributed by atoms with Gasteiger partial charge in [0.05, 0.1) is 11.0 Å². The number of hydrogen-bond donors (Lipinski definition) is 0. The first-order chi connectivity index (χ1) is 18.6. The average molecular weight is 484 g/mol. The summed E-state index contributed by atoms with van der Waals surface area (Å²) in [4.78, 5) is 0. The zero-order chi connectivity index (χ0) is 25.2. The van der Waals surface area contributed by atoms with Crippen molar-refractivity contribution in [2.45, 2.75) is 19.3 Å². The van der Waals surface area contributed by atoms with Crippen molar-refractivity contribution in [2.75, 3.05) is 0 Å². The maximum absolute atomic E-state index is 2.47. The normalized spacial score (nSPS) is 14.3. The third-order valence-corrected chi connectivity index (χ3v) is 9.10. The van der Waals surface area contributed by atoms with Gasteiger partial charge in [-0.25, -0.2) is 0 Å². The summed E-state index contributed by atoms with van der Waals surface area (Å²) in [6.45, 7) is 4.76. The molecule has 38 heavy (non-hydrogen) atoms. The van der Waals surface area contributed by atoms with E-state index in [4.69, 9.17) is 0 Å². The molecule has 0 saturated heterocycles. The van der Waals surface area contributed by atoms with Crippen molar-refractivity contribution in [3.05, 3.63) is 126 Å². The third kappa shape index (κ3) is 2.33. The maximum atomic E-state index is 2.47.